The van der Waals surface area contributed by atoms with E-state index in [2.05, 4.69) is 75.1 Å². The highest BCUT2D eigenvalue weighted by Crippen LogP contribution is 2.27. The van der Waals surface area contributed by atoms with Crippen LogP contribution in [0.4, 0.5) is 0 Å². The molecule has 2 heterocycles. The molecule has 5 rings (SSSR count). The molecule has 0 bridgehead atoms. The molecule has 0 spiro atoms. The zero-order valence-corrected chi connectivity index (χ0v) is 22.6. The van der Waals surface area contributed by atoms with Crippen LogP contribution in [-0.2, 0) is 0 Å². The van der Waals surface area contributed by atoms with Gasteiger partial charge < -0.3 is 4.90 Å². The number of fused-ring (bicyclic) bond motifs is 1. The summed E-state index contributed by atoms with van der Waals surface area (Å²) < 4.78 is 0. The van der Waals surface area contributed by atoms with Gasteiger partial charge in [0.25, 0.3) is 0 Å². The third-order valence-corrected chi connectivity index (χ3v) is 7.72. The number of piperazine rings is 1. The third-order valence-electron chi connectivity index (χ3n) is 7.72. The van der Waals surface area contributed by atoms with Crippen LogP contribution in [0, 0.1) is 5.92 Å². The molecule has 1 aliphatic heterocycles. The van der Waals surface area contributed by atoms with E-state index in [4.69, 9.17) is 0 Å². The number of benzene rings is 2. The second kappa shape index (κ2) is 14.4. The van der Waals surface area contributed by atoms with Crippen LogP contribution in [0.3, 0.4) is 0 Å². The Kier molecular flexibility index (Phi) is 10.4. The maximum atomic E-state index is 4.26. The molecule has 3 aromatic rings. The van der Waals surface area contributed by atoms with Crippen molar-refractivity contribution in [3.05, 3.63) is 90.8 Å². The van der Waals surface area contributed by atoms with E-state index < -0.39 is 0 Å². The maximum absolute atomic E-state index is 4.26. The lowest BCUT2D eigenvalue weighted by molar-refractivity contribution is 0.160. The maximum Gasteiger partial charge on any atom is 0.0708 e. The molecule has 5 nitrogen and oxygen atoms in total. The van der Waals surface area contributed by atoms with E-state index in [0.29, 0.717) is 5.70 Å². The summed E-state index contributed by atoms with van der Waals surface area (Å²) in [6, 6.07) is 20.4. The fourth-order valence-electron chi connectivity index (χ4n) is 5.53. The second-order valence-corrected chi connectivity index (χ2v) is 10.2. The van der Waals surface area contributed by atoms with E-state index in [9.17, 15) is 0 Å². The van der Waals surface area contributed by atoms with Crippen molar-refractivity contribution in [1.82, 2.24) is 14.8 Å². The van der Waals surface area contributed by atoms with Crippen LogP contribution in [-0.4, -0.2) is 60.9 Å². The summed E-state index contributed by atoms with van der Waals surface area (Å²) in [5.41, 5.74) is 5.07. The van der Waals surface area contributed by atoms with Gasteiger partial charge in [0.2, 0.25) is 0 Å². The molecule has 1 aromatic heterocycles. The van der Waals surface area contributed by atoms with Crippen molar-refractivity contribution in [1.29, 1.82) is 0 Å². The van der Waals surface area contributed by atoms with Gasteiger partial charge in [-0.3, -0.25) is 19.9 Å². The van der Waals surface area contributed by atoms with E-state index in [1.165, 1.54) is 56.3 Å². The van der Waals surface area contributed by atoms with Gasteiger partial charge in [0.1, 0.15) is 0 Å². The van der Waals surface area contributed by atoms with E-state index in [0.717, 1.165) is 48.6 Å². The average molecular weight is 508 g/mol. The molecule has 2 aromatic carbocycles. The van der Waals surface area contributed by atoms with Crippen molar-refractivity contribution in [2.24, 2.45) is 15.9 Å². The molecule has 2 aliphatic rings. The lowest BCUT2D eigenvalue weighted by Crippen LogP contribution is -2.45. The Balaban J connectivity index is 0.000000204. The zero-order valence-electron chi connectivity index (χ0n) is 22.6. The first kappa shape index (κ1) is 27.5. The fourth-order valence-corrected chi connectivity index (χ4v) is 5.53. The quantitative estimate of drug-likeness (QED) is 0.303. The number of rotatable bonds is 8. The first-order valence-corrected chi connectivity index (χ1v) is 13.9. The molecule has 0 N–H and O–H groups in total. The number of hydrogen-bond donors (Lipinski definition) is 0. The average Bonchev–Trinajstić information content (AvgIpc) is 3.00. The normalized spacial score (nSPS) is 16.9. The van der Waals surface area contributed by atoms with Gasteiger partial charge in [-0.05, 0) is 50.0 Å². The molecule has 1 saturated carbocycles. The summed E-state index contributed by atoms with van der Waals surface area (Å²) in [4.78, 5) is 17.2. The Bertz CT molecular complexity index is 1210. The predicted octanol–water partition coefficient (Wildman–Crippen LogP) is 7.18. The Labute approximate surface area is 228 Å². The van der Waals surface area contributed by atoms with E-state index in [1.807, 2.05) is 36.5 Å². The largest absolute Gasteiger partial charge is 0.367 e. The van der Waals surface area contributed by atoms with Crippen molar-refractivity contribution in [2.75, 3.05) is 32.7 Å². The molecule has 0 radical (unpaired) electrons. The van der Waals surface area contributed by atoms with Gasteiger partial charge in [0, 0.05) is 43.3 Å². The number of nitrogens with zero attached hydrogens (tertiary/aromatic N) is 5. The van der Waals surface area contributed by atoms with Gasteiger partial charge in [-0.25, -0.2) is 0 Å². The van der Waals surface area contributed by atoms with Crippen molar-refractivity contribution in [2.45, 2.75) is 38.5 Å². The highest BCUT2D eigenvalue weighted by atomic mass is 15.3. The van der Waals surface area contributed by atoms with Crippen LogP contribution in [0.2, 0.25) is 0 Å². The minimum Gasteiger partial charge on any atom is -0.367 e. The van der Waals surface area contributed by atoms with Gasteiger partial charge in [-0.15, -0.1) is 0 Å². The zero-order chi connectivity index (χ0) is 26.6. The molecule has 198 valence electrons. The number of pyridine rings is 1. The highest BCUT2D eigenvalue weighted by Gasteiger charge is 2.21. The first-order chi connectivity index (χ1) is 18.7. The van der Waals surface area contributed by atoms with Crippen LogP contribution in [0.15, 0.2) is 89.6 Å². The molecule has 1 aliphatic carbocycles. The van der Waals surface area contributed by atoms with Gasteiger partial charge in [0.15, 0.2) is 0 Å². The Morgan fingerprint density at radius 1 is 0.895 bits per heavy atom. The van der Waals surface area contributed by atoms with E-state index in [-0.39, 0.29) is 0 Å². The molecule has 5 heteroatoms. The number of hydrogen-bond acceptors (Lipinski definition) is 5. The number of aliphatic imine (C=N–C) groups is 2. The predicted molar refractivity (Wildman–Crippen MR) is 163 cm³/mol. The minimum absolute atomic E-state index is 0.684. The SMILES string of the molecule is C=N/C=C(/c1ccccc1)N1CCN(CCC2CCCCC2)CC1.C=NC(=C)c1cccc2ncccc12. The second-order valence-electron chi connectivity index (χ2n) is 10.2. The standard InChI is InChI=1S/C21H31N3.C12H10N2/c1-22-18-21(20-10-6-3-7-11-20)24-16-14-23(15-17-24)13-12-19-8-4-2-5-9-19;1-9(13-2)10-5-3-7-12-11(10)6-4-8-14-12/h3,6-7,10-11,18-19H,1-2,4-5,8-9,12-17H2;3-8H,1-2H2/b21-18-;. The van der Waals surface area contributed by atoms with Crippen molar-refractivity contribution in [3.63, 3.8) is 0 Å². The monoisotopic (exact) mass is 507 g/mol. The molecule has 2 fully saturated rings. The Morgan fingerprint density at radius 2 is 1.66 bits per heavy atom. The van der Waals surface area contributed by atoms with Gasteiger partial charge >= 0.3 is 0 Å². The molecule has 1 saturated heterocycles. The summed E-state index contributed by atoms with van der Waals surface area (Å²) in [5, 5.41) is 1.06. The lowest BCUT2D eigenvalue weighted by atomic mass is 9.87. The lowest BCUT2D eigenvalue weighted by Gasteiger charge is -2.38. The van der Waals surface area contributed by atoms with Crippen molar-refractivity contribution < 1.29 is 0 Å². The van der Waals surface area contributed by atoms with Crippen LogP contribution in [0.1, 0.15) is 49.7 Å². The fraction of sp³-hybridized carbons (Fsp3) is 0.364. The van der Waals surface area contributed by atoms with E-state index in [1.54, 1.807) is 6.20 Å². The molecule has 38 heavy (non-hydrogen) atoms. The molecule has 0 atom stereocenters. The summed E-state index contributed by atoms with van der Waals surface area (Å²) in [7, 11) is 0. The van der Waals surface area contributed by atoms with Crippen LogP contribution >= 0.6 is 0 Å². The third kappa shape index (κ3) is 7.48. The Morgan fingerprint density at radius 3 is 2.37 bits per heavy atom. The van der Waals surface area contributed by atoms with Crippen LogP contribution < -0.4 is 0 Å². The first-order valence-electron chi connectivity index (χ1n) is 13.9. The minimum atomic E-state index is 0.684. The van der Waals surface area contributed by atoms with E-state index >= 15 is 0 Å². The summed E-state index contributed by atoms with van der Waals surface area (Å²) in [5.74, 6) is 0.988. The summed E-state index contributed by atoms with van der Waals surface area (Å²) >= 11 is 0. The topological polar surface area (TPSA) is 44.1 Å². The van der Waals surface area contributed by atoms with Gasteiger partial charge in [-0.1, -0.05) is 87.2 Å². The molecular weight excluding hydrogens is 466 g/mol. The molecular formula is C33H41N5. The molecule has 0 amide bonds. The van der Waals surface area contributed by atoms with Crippen molar-refractivity contribution >= 4 is 35.7 Å². The van der Waals surface area contributed by atoms with Crippen molar-refractivity contribution in [3.8, 4) is 0 Å². The molecule has 0 unspecified atom stereocenters. The van der Waals surface area contributed by atoms with Gasteiger partial charge in [0.05, 0.1) is 23.1 Å². The van der Waals surface area contributed by atoms with Crippen LogP contribution in [0.25, 0.3) is 22.3 Å². The smallest absolute Gasteiger partial charge is 0.0708 e. The summed E-state index contributed by atoms with van der Waals surface area (Å²) in [6.45, 7) is 16.7. The highest BCUT2D eigenvalue weighted by molar-refractivity contribution is 5.91. The van der Waals surface area contributed by atoms with Crippen LogP contribution in [0.5, 0.6) is 0 Å². The van der Waals surface area contributed by atoms with Gasteiger partial charge in [-0.2, -0.15) is 0 Å². The summed E-state index contributed by atoms with van der Waals surface area (Å²) in [6.07, 6.45) is 12.4. The Hall–Kier alpha value is -3.57. The number of aromatic nitrogens is 1.